The van der Waals surface area contributed by atoms with Crippen molar-refractivity contribution < 1.29 is 0 Å². The second-order valence-electron chi connectivity index (χ2n) is 5.71. The maximum absolute atomic E-state index is 6.09. The van der Waals surface area contributed by atoms with Crippen molar-refractivity contribution in [3.8, 4) is 0 Å². The maximum atomic E-state index is 6.09. The van der Waals surface area contributed by atoms with Gasteiger partial charge in [0.15, 0.2) is 0 Å². The molecule has 0 spiro atoms. The Labute approximate surface area is 126 Å². The van der Waals surface area contributed by atoms with Crippen molar-refractivity contribution in [2.75, 3.05) is 19.6 Å². The Hall–Kier alpha value is -0.280. The van der Waals surface area contributed by atoms with Gasteiger partial charge >= 0.3 is 0 Å². The lowest BCUT2D eigenvalue weighted by Gasteiger charge is -2.37. The van der Waals surface area contributed by atoms with E-state index in [1.54, 1.807) is 0 Å². The van der Waals surface area contributed by atoms with E-state index in [1.165, 1.54) is 12.0 Å². The number of piperazine rings is 1. The third-order valence-corrected chi connectivity index (χ3v) is 4.32. The molecule has 1 aliphatic rings. The van der Waals surface area contributed by atoms with E-state index in [4.69, 9.17) is 23.2 Å². The van der Waals surface area contributed by atoms with Crippen molar-refractivity contribution in [2.24, 2.45) is 5.92 Å². The third-order valence-electron chi connectivity index (χ3n) is 3.59. The lowest BCUT2D eigenvalue weighted by molar-refractivity contribution is 0.134. The molecule has 0 amide bonds. The predicted octanol–water partition coefficient (Wildman–Crippen LogP) is 3.81. The van der Waals surface area contributed by atoms with Crippen LogP contribution in [0, 0.1) is 5.92 Å². The molecule has 1 heterocycles. The number of rotatable bonds is 4. The largest absolute Gasteiger partial charge is 0.314 e. The van der Waals surface area contributed by atoms with E-state index in [0.717, 1.165) is 32.1 Å². The van der Waals surface area contributed by atoms with Crippen LogP contribution in [0.5, 0.6) is 0 Å². The number of nitrogens with zero attached hydrogens (tertiary/aromatic N) is 1. The molecule has 1 fully saturated rings. The molecule has 4 heteroatoms. The summed E-state index contributed by atoms with van der Waals surface area (Å²) in [4.78, 5) is 2.55. The summed E-state index contributed by atoms with van der Waals surface area (Å²) in [5.74, 6) is 0.723. The first kappa shape index (κ1) is 15.1. The van der Waals surface area contributed by atoms with Gasteiger partial charge in [-0.1, -0.05) is 43.1 Å². The fourth-order valence-corrected chi connectivity index (χ4v) is 2.98. The molecule has 1 aromatic carbocycles. The third kappa shape index (κ3) is 4.35. The minimum absolute atomic E-state index is 0.614. The highest BCUT2D eigenvalue weighted by Gasteiger charge is 2.22. The molecule has 1 N–H and O–H groups in total. The first-order chi connectivity index (χ1) is 9.06. The molecule has 106 valence electrons. The predicted molar refractivity (Wildman–Crippen MR) is 83.0 cm³/mol. The highest BCUT2D eigenvalue weighted by Crippen LogP contribution is 2.24. The Bertz CT molecular complexity index is 421. The highest BCUT2D eigenvalue weighted by molar-refractivity contribution is 6.42. The van der Waals surface area contributed by atoms with E-state index in [9.17, 15) is 0 Å². The lowest BCUT2D eigenvalue weighted by Crippen LogP contribution is -2.51. The zero-order chi connectivity index (χ0) is 13.8. The number of hydrogen-bond acceptors (Lipinski definition) is 2. The van der Waals surface area contributed by atoms with Gasteiger partial charge in [-0.15, -0.1) is 0 Å². The smallest absolute Gasteiger partial charge is 0.0595 e. The minimum atomic E-state index is 0.614. The Kier molecular flexibility index (Phi) is 5.52. The quantitative estimate of drug-likeness (QED) is 0.909. The molecule has 1 aromatic rings. The zero-order valence-corrected chi connectivity index (χ0v) is 13.1. The molecule has 0 aliphatic carbocycles. The van der Waals surface area contributed by atoms with Crippen LogP contribution in [0.1, 0.15) is 25.8 Å². The van der Waals surface area contributed by atoms with Crippen molar-refractivity contribution in [2.45, 2.75) is 32.9 Å². The molecule has 0 bridgehead atoms. The maximum Gasteiger partial charge on any atom is 0.0595 e. The molecule has 2 nitrogen and oxygen atoms in total. The lowest BCUT2D eigenvalue weighted by atomic mass is 10.00. The summed E-state index contributed by atoms with van der Waals surface area (Å²) in [7, 11) is 0. The second-order valence-corrected chi connectivity index (χ2v) is 6.52. The summed E-state index contributed by atoms with van der Waals surface area (Å²) in [5.41, 5.74) is 1.24. The normalized spacial score (nSPS) is 21.0. The number of benzene rings is 1. The van der Waals surface area contributed by atoms with Crippen molar-refractivity contribution in [1.29, 1.82) is 0 Å². The van der Waals surface area contributed by atoms with Gasteiger partial charge in [-0.2, -0.15) is 0 Å². The van der Waals surface area contributed by atoms with Crippen molar-refractivity contribution >= 4 is 23.2 Å². The van der Waals surface area contributed by atoms with Crippen molar-refractivity contribution in [3.63, 3.8) is 0 Å². The summed E-state index contributed by atoms with van der Waals surface area (Å²) in [6, 6.07) is 6.56. The Balaban J connectivity index is 2.04. The van der Waals surface area contributed by atoms with Crippen LogP contribution in [0.2, 0.25) is 10.0 Å². The Morgan fingerprint density at radius 3 is 2.79 bits per heavy atom. The van der Waals surface area contributed by atoms with Gasteiger partial charge in [-0.3, -0.25) is 4.90 Å². The molecule has 0 radical (unpaired) electrons. The highest BCUT2D eigenvalue weighted by atomic mass is 35.5. The average molecular weight is 301 g/mol. The first-order valence-corrected chi connectivity index (χ1v) is 7.70. The molecule has 1 atom stereocenters. The van der Waals surface area contributed by atoms with Crippen LogP contribution in [0.25, 0.3) is 0 Å². The van der Waals surface area contributed by atoms with Gasteiger partial charge in [0.25, 0.3) is 0 Å². The van der Waals surface area contributed by atoms with Crippen molar-refractivity contribution in [1.82, 2.24) is 10.2 Å². The Morgan fingerprint density at radius 1 is 1.32 bits per heavy atom. The van der Waals surface area contributed by atoms with Gasteiger partial charge in [0, 0.05) is 32.2 Å². The van der Waals surface area contributed by atoms with Gasteiger partial charge in [0.05, 0.1) is 10.0 Å². The molecule has 19 heavy (non-hydrogen) atoms. The topological polar surface area (TPSA) is 15.3 Å². The summed E-state index contributed by atoms with van der Waals surface area (Å²) < 4.78 is 0. The molecular formula is C15H22Cl2N2. The fourth-order valence-electron chi connectivity index (χ4n) is 2.66. The monoisotopic (exact) mass is 300 g/mol. The van der Waals surface area contributed by atoms with Gasteiger partial charge in [-0.25, -0.2) is 0 Å². The number of hydrogen-bond donors (Lipinski definition) is 1. The molecular weight excluding hydrogens is 279 g/mol. The van der Waals surface area contributed by atoms with E-state index >= 15 is 0 Å². The van der Waals surface area contributed by atoms with E-state index < -0.39 is 0 Å². The number of halogens is 2. The summed E-state index contributed by atoms with van der Waals surface area (Å²) in [6.45, 7) is 8.76. The minimum Gasteiger partial charge on any atom is -0.314 e. The first-order valence-electron chi connectivity index (χ1n) is 6.95. The second kappa shape index (κ2) is 6.94. The molecule has 1 unspecified atom stereocenters. The summed E-state index contributed by atoms with van der Waals surface area (Å²) >= 11 is 12.1. The van der Waals surface area contributed by atoms with E-state index in [1.807, 2.05) is 12.1 Å². The Morgan fingerprint density at radius 2 is 2.11 bits per heavy atom. The molecule has 1 saturated heterocycles. The van der Waals surface area contributed by atoms with Crippen LogP contribution < -0.4 is 5.32 Å². The van der Waals surface area contributed by atoms with E-state index in [2.05, 4.69) is 30.1 Å². The van der Waals surface area contributed by atoms with Crippen LogP contribution >= 0.6 is 23.2 Å². The van der Waals surface area contributed by atoms with Gasteiger partial charge in [0.2, 0.25) is 0 Å². The molecule has 0 saturated carbocycles. The summed E-state index contributed by atoms with van der Waals surface area (Å²) in [5, 5.41) is 4.76. The van der Waals surface area contributed by atoms with E-state index in [0.29, 0.717) is 16.1 Å². The fraction of sp³-hybridized carbons (Fsp3) is 0.600. The van der Waals surface area contributed by atoms with Crippen LogP contribution in [-0.2, 0) is 6.54 Å². The molecule has 2 rings (SSSR count). The van der Waals surface area contributed by atoms with Gasteiger partial charge < -0.3 is 5.32 Å². The van der Waals surface area contributed by atoms with Crippen molar-refractivity contribution in [3.05, 3.63) is 33.8 Å². The van der Waals surface area contributed by atoms with Crippen LogP contribution in [0.4, 0.5) is 0 Å². The van der Waals surface area contributed by atoms with Gasteiger partial charge in [-0.05, 0) is 30.0 Å². The van der Waals surface area contributed by atoms with E-state index in [-0.39, 0.29) is 0 Å². The SMILES string of the molecule is CC(C)CC1CNCCN1Cc1ccc(Cl)c(Cl)c1. The van der Waals surface area contributed by atoms with Gasteiger partial charge in [0.1, 0.15) is 0 Å². The van der Waals surface area contributed by atoms with Crippen LogP contribution in [0.3, 0.4) is 0 Å². The summed E-state index contributed by atoms with van der Waals surface area (Å²) in [6.07, 6.45) is 1.23. The van der Waals surface area contributed by atoms with Crippen LogP contribution in [-0.4, -0.2) is 30.6 Å². The standard InChI is InChI=1S/C15H22Cl2N2/c1-11(2)7-13-9-18-5-6-19(13)10-12-3-4-14(16)15(17)8-12/h3-4,8,11,13,18H,5-7,9-10H2,1-2H3. The molecule has 0 aromatic heterocycles. The zero-order valence-electron chi connectivity index (χ0n) is 11.6. The number of nitrogens with one attached hydrogen (secondary N) is 1. The van der Waals surface area contributed by atoms with Crippen LogP contribution in [0.15, 0.2) is 18.2 Å². The molecule has 1 aliphatic heterocycles. The average Bonchev–Trinajstić information content (AvgIpc) is 2.36.